The summed E-state index contributed by atoms with van der Waals surface area (Å²) in [6.45, 7) is 7.00. The highest BCUT2D eigenvalue weighted by Gasteiger charge is 2.03. The van der Waals surface area contributed by atoms with E-state index in [0.29, 0.717) is 6.04 Å². The number of hydrogen-bond donors (Lipinski definition) is 1. The Morgan fingerprint density at radius 2 is 2.28 bits per heavy atom. The molecule has 0 saturated heterocycles. The standard InChI is InChI=1S/C12H20N6/c1-11(3-6-17-7-4-15-12(17)2)14-5-8-18-10-13-9-16-18/h4,7,9-11,14H,3,5-6,8H2,1-2H3. The Morgan fingerprint density at radius 1 is 1.39 bits per heavy atom. The summed E-state index contributed by atoms with van der Waals surface area (Å²) < 4.78 is 4.01. The minimum absolute atomic E-state index is 0.482. The van der Waals surface area contributed by atoms with E-state index in [-0.39, 0.29) is 0 Å². The van der Waals surface area contributed by atoms with Gasteiger partial charge >= 0.3 is 0 Å². The molecule has 0 aliphatic carbocycles. The lowest BCUT2D eigenvalue weighted by atomic mass is 10.2. The molecule has 1 atom stereocenters. The van der Waals surface area contributed by atoms with Crippen LogP contribution < -0.4 is 5.32 Å². The van der Waals surface area contributed by atoms with Gasteiger partial charge in [0.05, 0.1) is 6.54 Å². The van der Waals surface area contributed by atoms with Crippen LogP contribution >= 0.6 is 0 Å². The predicted molar refractivity (Wildman–Crippen MR) is 69.1 cm³/mol. The van der Waals surface area contributed by atoms with E-state index >= 15 is 0 Å². The van der Waals surface area contributed by atoms with Crippen molar-refractivity contribution in [2.75, 3.05) is 6.54 Å². The van der Waals surface area contributed by atoms with Gasteiger partial charge in [0.1, 0.15) is 18.5 Å². The molecule has 18 heavy (non-hydrogen) atoms. The molecule has 0 amide bonds. The molecule has 2 rings (SSSR count). The maximum Gasteiger partial charge on any atom is 0.137 e. The molecule has 6 nitrogen and oxygen atoms in total. The Bertz CT molecular complexity index is 447. The van der Waals surface area contributed by atoms with Crippen molar-refractivity contribution in [1.82, 2.24) is 29.6 Å². The second kappa shape index (κ2) is 6.30. The van der Waals surface area contributed by atoms with E-state index in [1.807, 2.05) is 24.0 Å². The van der Waals surface area contributed by atoms with Gasteiger partial charge in [-0.2, -0.15) is 5.10 Å². The Hall–Kier alpha value is -1.69. The molecule has 2 aromatic heterocycles. The molecule has 0 bridgehead atoms. The third kappa shape index (κ3) is 3.66. The third-order valence-corrected chi connectivity index (χ3v) is 3.03. The summed E-state index contributed by atoms with van der Waals surface area (Å²) in [5, 5.41) is 7.54. The summed E-state index contributed by atoms with van der Waals surface area (Å²) in [5.74, 6) is 1.07. The van der Waals surface area contributed by atoms with Gasteiger partial charge in [-0.15, -0.1) is 0 Å². The molecule has 0 spiro atoms. The first-order chi connectivity index (χ1) is 8.75. The van der Waals surface area contributed by atoms with Crippen LogP contribution in [0.15, 0.2) is 25.0 Å². The molecule has 0 fully saturated rings. The Balaban J connectivity index is 1.63. The van der Waals surface area contributed by atoms with Gasteiger partial charge in [-0.05, 0) is 20.3 Å². The van der Waals surface area contributed by atoms with Crippen molar-refractivity contribution in [3.05, 3.63) is 30.9 Å². The normalized spacial score (nSPS) is 12.8. The van der Waals surface area contributed by atoms with E-state index in [4.69, 9.17) is 0 Å². The molecule has 0 radical (unpaired) electrons. The number of hydrogen-bond acceptors (Lipinski definition) is 4. The lowest BCUT2D eigenvalue weighted by Gasteiger charge is -2.14. The van der Waals surface area contributed by atoms with Crippen molar-refractivity contribution < 1.29 is 0 Å². The van der Waals surface area contributed by atoms with E-state index in [1.54, 1.807) is 12.7 Å². The zero-order chi connectivity index (χ0) is 12.8. The second-order valence-electron chi connectivity index (χ2n) is 4.47. The minimum atomic E-state index is 0.482. The summed E-state index contributed by atoms with van der Waals surface area (Å²) in [5.41, 5.74) is 0. The minimum Gasteiger partial charge on any atom is -0.335 e. The van der Waals surface area contributed by atoms with Gasteiger partial charge in [-0.1, -0.05) is 0 Å². The molecule has 1 unspecified atom stereocenters. The molecule has 1 N–H and O–H groups in total. The average Bonchev–Trinajstić information content (AvgIpc) is 2.98. The highest BCUT2D eigenvalue weighted by molar-refractivity contribution is 4.88. The highest BCUT2D eigenvalue weighted by atomic mass is 15.3. The third-order valence-electron chi connectivity index (χ3n) is 3.03. The van der Waals surface area contributed by atoms with Crippen molar-refractivity contribution in [1.29, 1.82) is 0 Å². The van der Waals surface area contributed by atoms with Crippen LogP contribution in [0.1, 0.15) is 19.2 Å². The molecule has 0 aliphatic heterocycles. The van der Waals surface area contributed by atoms with E-state index in [2.05, 4.69) is 31.9 Å². The Labute approximate surface area is 107 Å². The van der Waals surface area contributed by atoms with Crippen LogP contribution in [0.3, 0.4) is 0 Å². The number of aromatic nitrogens is 5. The highest BCUT2D eigenvalue weighted by Crippen LogP contribution is 2.00. The van der Waals surface area contributed by atoms with Crippen LogP contribution in [0.2, 0.25) is 0 Å². The molecule has 0 saturated carbocycles. The van der Waals surface area contributed by atoms with Crippen molar-refractivity contribution in [3.63, 3.8) is 0 Å². The molecule has 2 heterocycles. The molecular weight excluding hydrogens is 228 g/mol. The van der Waals surface area contributed by atoms with Crippen molar-refractivity contribution in [3.8, 4) is 0 Å². The molecule has 2 aromatic rings. The van der Waals surface area contributed by atoms with E-state index < -0.39 is 0 Å². The smallest absolute Gasteiger partial charge is 0.137 e. The molecular formula is C12H20N6. The van der Waals surface area contributed by atoms with Crippen molar-refractivity contribution in [2.24, 2.45) is 0 Å². The number of nitrogens with zero attached hydrogens (tertiary/aromatic N) is 5. The van der Waals surface area contributed by atoms with Gasteiger partial charge < -0.3 is 9.88 Å². The topological polar surface area (TPSA) is 60.6 Å². The lowest BCUT2D eigenvalue weighted by molar-refractivity contribution is 0.449. The summed E-state index contributed by atoms with van der Waals surface area (Å²) in [6.07, 6.45) is 8.26. The van der Waals surface area contributed by atoms with Gasteiger partial charge in [0.25, 0.3) is 0 Å². The number of aryl methyl sites for hydroxylation is 2. The van der Waals surface area contributed by atoms with Crippen LogP contribution in [0.5, 0.6) is 0 Å². The SMILES string of the molecule is Cc1nccn1CCC(C)NCCn1cncn1. The fourth-order valence-electron chi connectivity index (χ4n) is 1.85. The summed E-state index contributed by atoms with van der Waals surface area (Å²) in [6, 6.07) is 0.482. The number of rotatable bonds is 7. The molecule has 6 heteroatoms. The van der Waals surface area contributed by atoms with Crippen molar-refractivity contribution >= 4 is 0 Å². The van der Waals surface area contributed by atoms with Crippen molar-refractivity contribution in [2.45, 2.75) is 39.4 Å². The van der Waals surface area contributed by atoms with Crippen LogP contribution in [0.4, 0.5) is 0 Å². The van der Waals surface area contributed by atoms with Crippen LogP contribution in [0.25, 0.3) is 0 Å². The average molecular weight is 248 g/mol. The lowest BCUT2D eigenvalue weighted by Crippen LogP contribution is -2.30. The monoisotopic (exact) mass is 248 g/mol. The summed E-state index contributed by atoms with van der Waals surface area (Å²) in [7, 11) is 0. The first-order valence-electron chi connectivity index (χ1n) is 6.29. The molecule has 98 valence electrons. The molecule has 0 aliphatic rings. The van der Waals surface area contributed by atoms with E-state index in [0.717, 1.165) is 31.9 Å². The second-order valence-corrected chi connectivity index (χ2v) is 4.47. The maximum absolute atomic E-state index is 4.21. The Morgan fingerprint density at radius 3 is 2.94 bits per heavy atom. The number of imidazole rings is 1. The van der Waals surface area contributed by atoms with E-state index in [9.17, 15) is 0 Å². The van der Waals surface area contributed by atoms with Gasteiger partial charge in [-0.3, -0.25) is 4.68 Å². The first kappa shape index (κ1) is 12.8. The van der Waals surface area contributed by atoms with Gasteiger partial charge in [0.2, 0.25) is 0 Å². The van der Waals surface area contributed by atoms with Crippen LogP contribution in [-0.4, -0.2) is 36.9 Å². The van der Waals surface area contributed by atoms with E-state index in [1.165, 1.54) is 0 Å². The van der Waals surface area contributed by atoms with Gasteiger partial charge in [-0.25, -0.2) is 9.97 Å². The van der Waals surface area contributed by atoms with Gasteiger partial charge in [0, 0.05) is 31.5 Å². The largest absolute Gasteiger partial charge is 0.335 e. The van der Waals surface area contributed by atoms with Gasteiger partial charge in [0.15, 0.2) is 0 Å². The molecule has 0 aromatic carbocycles. The number of nitrogens with one attached hydrogen (secondary N) is 1. The summed E-state index contributed by atoms with van der Waals surface area (Å²) in [4.78, 5) is 8.13. The zero-order valence-corrected chi connectivity index (χ0v) is 11.0. The Kier molecular flexibility index (Phi) is 4.46. The van der Waals surface area contributed by atoms with Crippen LogP contribution in [0, 0.1) is 6.92 Å². The summed E-state index contributed by atoms with van der Waals surface area (Å²) >= 11 is 0. The quantitative estimate of drug-likeness (QED) is 0.789. The maximum atomic E-state index is 4.21. The van der Waals surface area contributed by atoms with Crippen LogP contribution in [-0.2, 0) is 13.1 Å². The first-order valence-corrected chi connectivity index (χ1v) is 6.29. The zero-order valence-electron chi connectivity index (χ0n) is 11.0. The fraction of sp³-hybridized carbons (Fsp3) is 0.583. The predicted octanol–water partition coefficient (Wildman–Crippen LogP) is 0.851. The fourth-order valence-corrected chi connectivity index (χ4v) is 1.85.